The Balaban J connectivity index is 0.000000370. The van der Waals surface area contributed by atoms with Crippen molar-refractivity contribution < 1.29 is 92.4 Å². The van der Waals surface area contributed by atoms with E-state index >= 15 is 0 Å². The van der Waals surface area contributed by atoms with Gasteiger partial charge < -0.3 is 62.7 Å². The minimum Gasteiger partial charge on any atom is -0.469 e. The molecule has 510 valence electrons. The lowest BCUT2D eigenvalue weighted by molar-refractivity contribution is -0.161. The van der Waals surface area contributed by atoms with Gasteiger partial charge in [0.15, 0.2) is 0 Å². The van der Waals surface area contributed by atoms with Crippen LogP contribution in [0.2, 0.25) is 0 Å². The van der Waals surface area contributed by atoms with Crippen LogP contribution < -0.4 is 0 Å². The van der Waals surface area contributed by atoms with Crippen LogP contribution >= 0.6 is 0 Å². The predicted molar refractivity (Wildman–Crippen MR) is 342 cm³/mol. The molecule has 7 fully saturated rings. The third kappa shape index (κ3) is 30.8. The normalized spacial score (nSPS) is 24.2. The van der Waals surface area contributed by atoms with Crippen LogP contribution in [0.15, 0.2) is 91.0 Å². The maximum Gasteiger partial charge on any atom is 0.311 e. The van der Waals surface area contributed by atoms with Crippen LogP contribution in [0.4, 0.5) is 4.39 Å². The standard InChI is InChI=1S/C16H22O3.C15H20O3.C14H18O3.C9H16O3.C7H12O3.2C4H8O.CH3F.CH4O/c1-16(2,15(17)18-3)13-9-14(10-13)19-11-12-7-5-4-6-8-12;1-11(15(16)17-2)13-8-14(9-13)18-10-12-6-4-3-5-7-12;1-16-14(15)9-12-7-13(8-12)17-10-11-5-3-2-4-6-11;1-9(2,8(11)12-3)6-4-7(10)5-6;1-10-7(9)4-5-2-6(8)3-5;2*1-2-4-5-3-1;2*1-2/h4-8,13-14H,9-11H2,1-3H3;3-7,11,13-14H,8-10H2,1-2H3;2-6,12-13H,7-10H2,1H3;6-7,10H,4-5H2,1-3H3;5-6,8H,2-4H2,1H3;2*1-4H2;1H3;2H,1H3/i;;;;;;;1D;. The van der Waals surface area contributed by atoms with Gasteiger partial charge in [0.25, 0.3) is 0 Å². The fourth-order valence-corrected chi connectivity index (χ4v) is 10.7. The van der Waals surface area contributed by atoms with Gasteiger partial charge in [-0.05, 0) is 164 Å². The number of benzene rings is 3. The highest BCUT2D eigenvalue weighted by Crippen LogP contribution is 2.45. The van der Waals surface area contributed by atoms with Crippen molar-refractivity contribution in [2.45, 2.75) is 188 Å². The lowest BCUT2D eigenvalue weighted by Gasteiger charge is -2.43. The monoisotopic (exact) mass is 1270 g/mol. The maximum absolute atomic E-state index is 11.7. The van der Waals surface area contributed by atoms with Gasteiger partial charge in [-0.25, -0.2) is 0 Å². The minimum absolute atomic E-state index is 0.00780. The van der Waals surface area contributed by atoms with Crippen LogP contribution in [0.25, 0.3) is 0 Å². The molecule has 10 rings (SSSR count). The summed E-state index contributed by atoms with van der Waals surface area (Å²) in [6.45, 7) is 15.6. The molecule has 3 aromatic rings. The molecule has 3 N–H and O–H groups in total. The summed E-state index contributed by atoms with van der Waals surface area (Å²) in [6, 6.07) is 30.5. The third-order valence-electron chi connectivity index (χ3n) is 17.5. The number of carbonyl (C=O) groups excluding carboxylic acids is 5. The lowest BCUT2D eigenvalue weighted by atomic mass is 9.66. The summed E-state index contributed by atoms with van der Waals surface area (Å²) in [6.07, 6.45) is 15.3. The Kier molecular flexibility index (Phi) is 40.1. The van der Waals surface area contributed by atoms with E-state index in [9.17, 15) is 28.4 Å². The van der Waals surface area contributed by atoms with Gasteiger partial charge in [0.2, 0.25) is 0 Å². The highest BCUT2D eigenvalue weighted by molar-refractivity contribution is 5.77. The van der Waals surface area contributed by atoms with Crippen molar-refractivity contribution in [3.63, 3.8) is 0 Å². The number of alkyl halides is 1. The molecule has 0 aromatic heterocycles. The lowest BCUT2D eigenvalue weighted by Crippen LogP contribution is -2.44. The molecule has 2 aliphatic heterocycles. The molecule has 1 atom stereocenters. The van der Waals surface area contributed by atoms with E-state index in [1.807, 2.05) is 89.2 Å². The molecular formula is C71H111FO18. The molecule has 18 nitrogen and oxygen atoms in total. The van der Waals surface area contributed by atoms with Gasteiger partial charge in [-0.2, -0.15) is 0 Å². The molecule has 7 aliphatic rings. The van der Waals surface area contributed by atoms with Crippen molar-refractivity contribution in [3.05, 3.63) is 108 Å². The Bertz CT molecular complexity index is 2340. The zero-order valence-corrected chi connectivity index (χ0v) is 55.8. The molecule has 1 unspecified atom stereocenters. The summed E-state index contributed by atoms with van der Waals surface area (Å²) in [5, 5.41) is 24.9. The fourth-order valence-electron chi connectivity index (χ4n) is 10.7. The van der Waals surface area contributed by atoms with Crippen molar-refractivity contribution in [3.8, 4) is 0 Å². The van der Waals surface area contributed by atoms with Crippen LogP contribution in [0.5, 0.6) is 0 Å². The fraction of sp³-hybridized carbons (Fsp3) is 0.676. The summed E-state index contributed by atoms with van der Waals surface area (Å²) in [5.74, 6) is 1.16. The first-order valence-electron chi connectivity index (χ1n) is 32.5. The van der Waals surface area contributed by atoms with Gasteiger partial charge >= 0.3 is 29.8 Å². The van der Waals surface area contributed by atoms with Crippen LogP contribution in [0.1, 0.15) is 155 Å². The molecule has 0 radical (unpaired) electrons. The molecule has 3 aromatic carbocycles. The molecule has 5 aliphatic carbocycles. The summed E-state index contributed by atoms with van der Waals surface area (Å²) in [5.41, 5.74) is 2.75. The number of halogens is 1. The topological polar surface area (TPSA) is 238 Å². The molecule has 2 heterocycles. The van der Waals surface area contributed by atoms with Crippen LogP contribution in [-0.2, 0) is 91.2 Å². The molecule has 0 bridgehead atoms. The summed E-state index contributed by atoms with van der Waals surface area (Å²) >= 11 is 0. The van der Waals surface area contributed by atoms with Crippen molar-refractivity contribution >= 4 is 29.8 Å². The molecule has 0 spiro atoms. The van der Waals surface area contributed by atoms with E-state index in [1.54, 1.807) is 0 Å². The molecule has 5 saturated carbocycles. The first-order valence-corrected chi connectivity index (χ1v) is 31.8. The van der Waals surface area contributed by atoms with E-state index in [2.05, 4.69) is 50.6 Å². The van der Waals surface area contributed by atoms with Crippen LogP contribution in [-0.4, -0.2) is 152 Å². The van der Waals surface area contributed by atoms with E-state index < -0.39 is 18.0 Å². The second-order valence-electron chi connectivity index (χ2n) is 24.7. The number of hydrogen-bond acceptors (Lipinski definition) is 18. The van der Waals surface area contributed by atoms with Crippen molar-refractivity contribution in [2.75, 3.05) is 76.2 Å². The summed E-state index contributed by atoms with van der Waals surface area (Å²) in [4.78, 5) is 56.0. The molecule has 2 saturated heterocycles. The molecule has 0 amide bonds. The van der Waals surface area contributed by atoms with Gasteiger partial charge in [-0.1, -0.05) is 97.9 Å². The molecule has 19 heteroatoms. The number of esters is 5. The summed E-state index contributed by atoms with van der Waals surface area (Å²) in [7, 11) is 7.12. The van der Waals surface area contributed by atoms with Gasteiger partial charge in [0, 0.05) is 46.4 Å². The number of methoxy groups -OCH3 is 5. The largest absolute Gasteiger partial charge is 0.469 e. The Morgan fingerprint density at radius 3 is 1.10 bits per heavy atom. The smallest absolute Gasteiger partial charge is 0.311 e. The number of aliphatic hydroxyl groups is 3. The van der Waals surface area contributed by atoms with E-state index in [4.69, 9.17) is 49.8 Å². The van der Waals surface area contributed by atoms with E-state index in [0.717, 1.165) is 97.7 Å². The van der Waals surface area contributed by atoms with Crippen molar-refractivity contribution in [1.82, 2.24) is 0 Å². The Morgan fingerprint density at radius 2 is 0.811 bits per heavy atom. The zero-order chi connectivity index (χ0) is 67.6. The number of carbonyl (C=O) groups is 5. The number of hydrogen-bond donors (Lipinski definition) is 3. The summed E-state index contributed by atoms with van der Waals surface area (Å²) < 4.78 is 66.2. The highest BCUT2D eigenvalue weighted by atomic mass is 19.1. The second-order valence-corrected chi connectivity index (χ2v) is 24.7. The van der Waals surface area contributed by atoms with Crippen LogP contribution in [0.3, 0.4) is 0 Å². The highest BCUT2D eigenvalue weighted by Gasteiger charge is 2.46. The maximum atomic E-state index is 11.7. The van der Waals surface area contributed by atoms with Gasteiger partial charge in [0.05, 0.1) is 111 Å². The SMILES string of the molecule is C1CCOC1.C1CCOC1.CO.COC(=O)C(C)(C)C1CC(O)C1.COC(=O)C(C)(C)C1CC(OCc2ccccc2)C1.COC(=O)C(C)C1CC(OCc2ccccc2)C1.COC(=O)CC1CC(O)C1.COC(=O)CC1CC(OCc2ccccc2)C1.[2H]CF. The Hall–Kier alpha value is -5.38. The quantitative estimate of drug-likeness (QED) is 0.0747. The van der Waals surface area contributed by atoms with Gasteiger partial charge in [0.1, 0.15) is 0 Å². The number of ether oxygens (including phenoxy) is 10. The average molecular weight is 1270 g/mol. The first kappa shape index (κ1) is 78.9. The van der Waals surface area contributed by atoms with Crippen molar-refractivity contribution in [1.29, 1.82) is 0 Å². The number of aliphatic hydroxyl groups excluding tert-OH is 3. The van der Waals surface area contributed by atoms with E-state index in [1.165, 1.54) is 77.9 Å². The van der Waals surface area contributed by atoms with Gasteiger partial charge in [-0.3, -0.25) is 28.4 Å². The Labute approximate surface area is 538 Å². The minimum atomic E-state index is -1.00. The number of rotatable bonds is 19. The molecular weight excluding hydrogens is 1160 g/mol. The van der Waals surface area contributed by atoms with Crippen molar-refractivity contribution in [2.24, 2.45) is 46.3 Å². The van der Waals surface area contributed by atoms with E-state index in [0.29, 0.717) is 68.5 Å². The zero-order valence-electron chi connectivity index (χ0n) is 56.8. The second kappa shape index (κ2) is 45.8. The third-order valence-corrected chi connectivity index (χ3v) is 17.5. The Morgan fingerprint density at radius 1 is 0.500 bits per heavy atom. The van der Waals surface area contributed by atoms with E-state index in [-0.39, 0.29) is 60.0 Å². The average Bonchev–Trinajstić information content (AvgIpc) is 0.958. The molecule has 90 heavy (non-hydrogen) atoms. The van der Waals surface area contributed by atoms with Gasteiger partial charge in [-0.15, -0.1) is 0 Å². The van der Waals surface area contributed by atoms with Crippen LogP contribution in [0, 0.1) is 46.3 Å². The first-order chi connectivity index (χ1) is 43.6. The predicted octanol–water partition coefficient (Wildman–Crippen LogP) is 11.6.